The van der Waals surface area contributed by atoms with E-state index in [0.29, 0.717) is 17.5 Å². The van der Waals surface area contributed by atoms with Crippen molar-refractivity contribution in [3.8, 4) is 56.7 Å². The van der Waals surface area contributed by atoms with Gasteiger partial charge >= 0.3 is 0 Å². The van der Waals surface area contributed by atoms with Crippen LogP contribution in [0.1, 0.15) is 25.0 Å². The Labute approximate surface area is 341 Å². The highest BCUT2D eigenvalue weighted by Crippen LogP contribution is 2.51. The number of fused-ring (bicyclic) bond motifs is 9. The Kier molecular flexibility index (Phi) is 7.20. The van der Waals surface area contributed by atoms with Crippen molar-refractivity contribution in [3.05, 3.63) is 199 Å². The van der Waals surface area contributed by atoms with E-state index in [2.05, 4.69) is 150 Å². The molecule has 59 heavy (non-hydrogen) atoms. The van der Waals surface area contributed by atoms with Gasteiger partial charge in [-0.25, -0.2) is 15.0 Å². The molecule has 0 radical (unpaired) electrons. The molecule has 0 saturated heterocycles. The normalized spacial score (nSPS) is 13.1. The minimum atomic E-state index is -0.137. The van der Waals surface area contributed by atoms with Crippen LogP contribution >= 0.6 is 0 Å². The van der Waals surface area contributed by atoms with E-state index in [1.807, 2.05) is 60.7 Å². The molecule has 0 spiro atoms. The molecule has 12 rings (SSSR count). The standard InChI is InChI=1S/C54H37N5/c1-54(2)45-24-14-12-22-39(45)41-30-42-44-32-48-43(40-23-13-15-25-47(40)58(48)37-20-10-5-11-21-37)31-49(44)59(50(42)33-46(41)54)38-28-26-36(27-29-38)53-56-51(34-16-6-3-7-17-34)55-52(57-53)35-18-8-4-9-19-35/h3-33H,1-2H3. The van der Waals surface area contributed by atoms with E-state index in [0.717, 1.165) is 28.1 Å². The molecule has 0 saturated carbocycles. The number of hydrogen-bond acceptors (Lipinski definition) is 3. The summed E-state index contributed by atoms with van der Waals surface area (Å²) in [5, 5.41) is 4.91. The van der Waals surface area contributed by atoms with Crippen LogP contribution in [-0.4, -0.2) is 24.1 Å². The van der Waals surface area contributed by atoms with E-state index in [9.17, 15) is 0 Å². The van der Waals surface area contributed by atoms with Gasteiger partial charge in [-0.3, -0.25) is 0 Å². The van der Waals surface area contributed by atoms with E-state index in [-0.39, 0.29) is 5.41 Å². The van der Waals surface area contributed by atoms with Gasteiger partial charge < -0.3 is 9.13 Å². The summed E-state index contributed by atoms with van der Waals surface area (Å²) in [5.41, 5.74) is 15.0. The maximum atomic E-state index is 5.03. The van der Waals surface area contributed by atoms with Gasteiger partial charge in [-0.2, -0.15) is 0 Å². The predicted molar refractivity (Wildman–Crippen MR) is 242 cm³/mol. The second kappa shape index (κ2) is 12.7. The van der Waals surface area contributed by atoms with E-state index in [1.54, 1.807) is 0 Å². The molecule has 1 aliphatic carbocycles. The van der Waals surface area contributed by atoms with Crippen LogP contribution in [-0.2, 0) is 5.41 Å². The van der Waals surface area contributed by atoms with Gasteiger partial charge in [0.1, 0.15) is 0 Å². The van der Waals surface area contributed by atoms with Gasteiger partial charge in [-0.15, -0.1) is 0 Å². The van der Waals surface area contributed by atoms with Crippen LogP contribution in [0.5, 0.6) is 0 Å². The van der Waals surface area contributed by atoms with Crippen LogP contribution in [0.3, 0.4) is 0 Å². The molecule has 0 fully saturated rings. The minimum Gasteiger partial charge on any atom is -0.309 e. The van der Waals surface area contributed by atoms with E-state index in [1.165, 1.54) is 65.9 Å². The molecular formula is C54H37N5. The Bertz CT molecular complexity index is 3380. The van der Waals surface area contributed by atoms with Crippen molar-refractivity contribution < 1.29 is 0 Å². The average molecular weight is 756 g/mol. The van der Waals surface area contributed by atoms with Gasteiger partial charge in [-0.05, 0) is 89.0 Å². The number of nitrogens with zero attached hydrogens (tertiary/aromatic N) is 5. The third-order valence-electron chi connectivity index (χ3n) is 12.4. The summed E-state index contributed by atoms with van der Waals surface area (Å²) in [6, 6.07) is 67.1. The van der Waals surface area contributed by atoms with E-state index >= 15 is 0 Å². The lowest BCUT2D eigenvalue weighted by Gasteiger charge is -2.21. The molecule has 0 unspecified atom stereocenters. The first-order valence-corrected chi connectivity index (χ1v) is 20.2. The first kappa shape index (κ1) is 33.5. The summed E-state index contributed by atoms with van der Waals surface area (Å²) in [4.78, 5) is 15.0. The first-order valence-electron chi connectivity index (χ1n) is 20.2. The predicted octanol–water partition coefficient (Wildman–Crippen LogP) is 13.4. The average Bonchev–Trinajstić information content (AvgIpc) is 3.87. The molecule has 0 amide bonds. The molecule has 0 aliphatic heterocycles. The number of benzene rings is 8. The summed E-state index contributed by atoms with van der Waals surface area (Å²) in [6.07, 6.45) is 0. The van der Waals surface area contributed by atoms with Gasteiger partial charge in [0.2, 0.25) is 0 Å². The highest BCUT2D eigenvalue weighted by Gasteiger charge is 2.36. The molecule has 3 aromatic heterocycles. The van der Waals surface area contributed by atoms with Crippen molar-refractivity contribution in [1.29, 1.82) is 0 Å². The van der Waals surface area contributed by atoms with Crippen LogP contribution in [0.2, 0.25) is 0 Å². The fourth-order valence-electron chi connectivity index (χ4n) is 9.50. The molecule has 0 bridgehead atoms. The molecule has 0 atom stereocenters. The van der Waals surface area contributed by atoms with Crippen LogP contribution in [0.25, 0.3) is 100 Å². The van der Waals surface area contributed by atoms with Gasteiger partial charge in [0.05, 0.1) is 22.1 Å². The fourth-order valence-corrected chi connectivity index (χ4v) is 9.50. The van der Waals surface area contributed by atoms with Crippen LogP contribution in [0.4, 0.5) is 0 Å². The summed E-state index contributed by atoms with van der Waals surface area (Å²) < 4.78 is 4.87. The number of aromatic nitrogens is 5. The number of hydrogen-bond donors (Lipinski definition) is 0. The SMILES string of the molecule is CC1(C)c2ccccc2-c2cc3c4cc5c(cc4n(-c4ccc(-c6nc(-c7ccccc7)nc(-c7ccccc7)n6)cc4)c3cc21)c1ccccc1n5-c1ccccc1. The van der Waals surface area contributed by atoms with Gasteiger partial charge in [0.15, 0.2) is 17.5 Å². The Morgan fingerprint density at radius 1 is 0.339 bits per heavy atom. The van der Waals surface area contributed by atoms with Crippen molar-refractivity contribution in [1.82, 2.24) is 24.1 Å². The van der Waals surface area contributed by atoms with Crippen molar-refractivity contribution in [2.24, 2.45) is 0 Å². The molecule has 8 aromatic carbocycles. The smallest absolute Gasteiger partial charge is 0.164 e. The Hall–Kier alpha value is -7.63. The van der Waals surface area contributed by atoms with Crippen molar-refractivity contribution in [3.63, 3.8) is 0 Å². The summed E-state index contributed by atoms with van der Waals surface area (Å²) >= 11 is 0. The zero-order chi connectivity index (χ0) is 39.2. The topological polar surface area (TPSA) is 48.5 Å². The van der Waals surface area contributed by atoms with Crippen LogP contribution in [0, 0.1) is 0 Å². The zero-order valence-corrected chi connectivity index (χ0v) is 32.6. The highest BCUT2D eigenvalue weighted by atomic mass is 15.0. The first-order chi connectivity index (χ1) is 29.0. The molecule has 5 nitrogen and oxygen atoms in total. The fraction of sp³-hybridized carbons (Fsp3) is 0.0556. The van der Waals surface area contributed by atoms with Gasteiger partial charge in [0.25, 0.3) is 0 Å². The summed E-state index contributed by atoms with van der Waals surface area (Å²) in [5.74, 6) is 1.94. The van der Waals surface area contributed by atoms with Crippen LogP contribution in [0.15, 0.2) is 188 Å². The summed E-state index contributed by atoms with van der Waals surface area (Å²) in [6.45, 7) is 4.72. The lowest BCUT2D eigenvalue weighted by molar-refractivity contribution is 0.661. The Morgan fingerprint density at radius 3 is 1.44 bits per heavy atom. The van der Waals surface area contributed by atoms with Crippen molar-refractivity contribution >= 4 is 43.6 Å². The van der Waals surface area contributed by atoms with Crippen molar-refractivity contribution in [2.75, 3.05) is 0 Å². The maximum Gasteiger partial charge on any atom is 0.164 e. The molecule has 3 heterocycles. The molecule has 5 heteroatoms. The number of para-hydroxylation sites is 2. The molecule has 1 aliphatic rings. The highest BCUT2D eigenvalue weighted by molar-refractivity contribution is 6.19. The van der Waals surface area contributed by atoms with E-state index < -0.39 is 0 Å². The number of rotatable bonds is 5. The zero-order valence-electron chi connectivity index (χ0n) is 32.6. The minimum absolute atomic E-state index is 0.137. The maximum absolute atomic E-state index is 5.03. The molecule has 11 aromatic rings. The molecular weight excluding hydrogens is 719 g/mol. The van der Waals surface area contributed by atoms with Crippen LogP contribution < -0.4 is 0 Å². The second-order valence-electron chi connectivity index (χ2n) is 16.1. The summed E-state index contributed by atoms with van der Waals surface area (Å²) in [7, 11) is 0. The van der Waals surface area contributed by atoms with Gasteiger partial charge in [-0.1, -0.05) is 135 Å². The van der Waals surface area contributed by atoms with Crippen molar-refractivity contribution in [2.45, 2.75) is 19.3 Å². The largest absolute Gasteiger partial charge is 0.309 e. The lowest BCUT2D eigenvalue weighted by Crippen LogP contribution is -2.14. The van der Waals surface area contributed by atoms with E-state index in [4.69, 9.17) is 15.0 Å². The lowest BCUT2D eigenvalue weighted by atomic mass is 9.82. The molecule has 0 N–H and O–H groups in total. The second-order valence-corrected chi connectivity index (χ2v) is 16.1. The Morgan fingerprint density at radius 2 is 0.797 bits per heavy atom. The Balaban J connectivity index is 1.10. The monoisotopic (exact) mass is 755 g/mol. The third kappa shape index (κ3) is 5.08. The quantitative estimate of drug-likeness (QED) is 0.176. The molecule has 278 valence electrons. The third-order valence-corrected chi connectivity index (χ3v) is 12.4. The van der Waals surface area contributed by atoms with Gasteiger partial charge in [0, 0.05) is 55.0 Å².